The first-order valence-corrected chi connectivity index (χ1v) is 5.91. The zero-order valence-electron chi connectivity index (χ0n) is 10.9. The van der Waals surface area contributed by atoms with E-state index in [2.05, 4.69) is 34.7 Å². The molecular weight excluding hydrogens is 228 g/mol. The zero-order valence-corrected chi connectivity index (χ0v) is 10.9. The Morgan fingerprint density at radius 1 is 1.33 bits per heavy atom. The van der Waals surface area contributed by atoms with Gasteiger partial charge in [-0.25, -0.2) is 0 Å². The molecule has 5 heteroatoms. The summed E-state index contributed by atoms with van der Waals surface area (Å²) in [4.78, 5) is 0. The minimum atomic E-state index is 0.262. The van der Waals surface area contributed by atoms with Crippen molar-refractivity contribution in [2.75, 3.05) is 7.11 Å². The lowest BCUT2D eigenvalue weighted by molar-refractivity contribution is 0.414. The number of methoxy groups -OCH3 is 1. The van der Waals surface area contributed by atoms with Crippen LogP contribution in [0.15, 0.2) is 30.5 Å². The van der Waals surface area contributed by atoms with Crippen molar-refractivity contribution in [1.29, 1.82) is 0 Å². The van der Waals surface area contributed by atoms with Crippen molar-refractivity contribution in [2.45, 2.75) is 19.5 Å². The van der Waals surface area contributed by atoms with Crippen LogP contribution < -0.4 is 10.1 Å². The summed E-state index contributed by atoms with van der Waals surface area (Å²) in [6.07, 6.45) is 1.91. The lowest BCUT2D eigenvalue weighted by Gasteiger charge is -2.13. The third-order valence-electron chi connectivity index (χ3n) is 2.86. The van der Waals surface area contributed by atoms with E-state index in [1.165, 1.54) is 5.56 Å². The highest BCUT2D eigenvalue weighted by molar-refractivity contribution is 5.28. The van der Waals surface area contributed by atoms with E-state index < -0.39 is 0 Å². The Balaban J connectivity index is 1.92. The molecule has 0 unspecified atom stereocenters. The van der Waals surface area contributed by atoms with Crippen molar-refractivity contribution in [3.05, 3.63) is 41.7 Å². The Labute approximate surface area is 107 Å². The normalized spacial score (nSPS) is 12.4. The molecule has 0 aliphatic rings. The van der Waals surface area contributed by atoms with Crippen molar-refractivity contribution >= 4 is 0 Å². The molecule has 0 spiro atoms. The van der Waals surface area contributed by atoms with Gasteiger partial charge >= 0.3 is 0 Å². The molecule has 1 atom stereocenters. The Bertz CT molecular complexity index is 492. The summed E-state index contributed by atoms with van der Waals surface area (Å²) in [7, 11) is 3.54. The third kappa shape index (κ3) is 3.07. The van der Waals surface area contributed by atoms with Crippen LogP contribution in [0.3, 0.4) is 0 Å². The Morgan fingerprint density at radius 2 is 2.06 bits per heavy atom. The first-order chi connectivity index (χ1) is 8.69. The SMILES string of the molecule is COc1ccc([C@H](C)NCc2cn(C)nn2)cc1. The molecule has 1 aromatic carbocycles. The van der Waals surface area contributed by atoms with E-state index in [1.807, 2.05) is 25.4 Å². The predicted octanol–water partition coefficient (Wildman–Crippen LogP) is 1.67. The highest BCUT2D eigenvalue weighted by Gasteiger charge is 2.06. The number of nitrogens with one attached hydrogen (secondary N) is 1. The number of hydrogen-bond acceptors (Lipinski definition) is 4. The van der Waals surface area contributed by atoms with Crippen molar-refractivity contribution in [3.8, 4) is 5.75 Å². The summed E-state index contributed by atoms with van der Waals surface area (Å²) in [5.41, 5.74) is 2.16. The summed E-state index contributed by atoms with van der Waals surface area (Å²) in [5, 5.41) is 11.3. The average molecular weight is 246 g/mol. The molecule has 0 amide bonds. The van der Waals surface area contributed by atoms with Crippen LogP contribution in [0, 0.1) is 0 Å². The van der Waals surface area contributed by atoms with Gasteiger partial charge in [0.05, 0.1) is 12.8 Å². The zero-order chi connectivity index (χ0) is 13.0. The monoisotopic (exact) mass is 246 g/mol. The Hall–Kier alpha value is -1.88. The van der Waals surface area contributed by atoms with E-state index in [0.717, 1.165) is 11.4 Å². The van der Waals surface area contributed by atoms with Gasteiger partial charge in [0.25, 0.3) is 0 Å². The second-order valence-electron chi connectivity index (χ2n) is 4.26. The van der Waals surface area contributed by atoms with Crippen molar-refractivity contribution in [3.63, 3.8) is 0 Å². The van der Waals surface area contributed by atoms with E-state index in [4.69, 9.17) is 4.74 Å². The number of nitrogens with zero attached hydrogens (tertiary/aromatic N) is 3. The number of aromatic nitrogens is 3. The van der Waals surface area contributed by atoms with E-state index in [9.17, 15) is 0 Å². The maximum Gasteiger partial charge on any atom is 0.118 e. The molecule has 1 heterocycles. The molecule has 1 aromatic heterocycles. The third-order valence-corrected chi connectivity index (χ3v) is 2.86. The van der Waals surface area contributed by atoms with Gasteiger partial charge in [-0.1, -0.05) is 17.3 Å². The molecule has 1 N–H and O–H groups in total. The second kappa shape index (κ2) is 5.64. The lowest BCUT2D eigenvalue weighted by atomic mass is 10.1. The highest BCUT2D eigenvalue weighted by atomic mass is 16.5. The van der Waals surface area contributed by atoms with Gasteiger partial charge in [0.15, 0.2) is 0 Å². The van der Waals surface area contributed by atoms with Crippen LogP contribution in [0.1, 0.15) is 24.2 Å². The molecule has 0 aliphatic carbocycles. The molecule has 0 saturated carbocycles. The highest BCUT2D eigenvalue weighted by Crippen LogP contribution is 2.17. The topological polar surface area (TPSA) is 52.0 Å². The molecule has 0 radical (unpaired) electrons. The smallest absolute Gasteiger partial charge is 0.118 e. The summed E-state index contributed by atoms with van der Waals surface area (Å²) in [5.74, 6) is 0.875. The second-order valence-corrected chi connectivity index (χ2v) is 4.26. The van der Waals surface area contributed by atoms with E-state index in [-0.39, 0.29) is 6.04 Å². The van der Waals surface area contributed by atoms with Gasteiger partial charge in [0.2, 0.25) is 0 Å². The van der Waals surface area contributed by atoms with Gasteiger partial charge in [-0.3, -0.25) is 4.68 Å². The molecule has 0 bridgehead atoms. The van der Waals surface area contributed by atoms with Crippen molar-refractivity contribution in [2.24, 2.45) is 7.05 Å². The molecule has 2 rings (SSSR count). The molecule has 96 valence electrons. The summed E-state index contributed by atoms with van der Waals surface area (Å²) >= 11 is 0. The fourth-order valence-corrected chi connectivity index (χ4v) is 1.74. The van der Waals surface area contributed by atoms with Gasteiger partial charge < -0.3 is 10.1 Å². The van der Waals surface area contributed by atoms with Gasteiger partial charge in [0.1, 0.15) is 5.75 Å². The molecule has 0 aliphatic heterocycles. The standard InChI is InChI=1S/C13H18N4O/c1-10(11-4-6-13(18-3)7-5-11)14-8-12-9-17(2)16-15-12/h4-7,9-10,14H,8H2,1-3H3/t10-/m0/s1. The van der Waals surface area contributed by atoms with Crippen LogP contribution in [0.25, 0.3) is 0 Å². The quantitative estimate of drug-likeness (QED) is 0.872. The van der Waals surface area contributed by atoms with E-state index >= 15 is 0 Å². The summed E-state index contributed by atoms with van der Waals surface area (Å²) < 4.78 is 6.84. The van der Waals surface area contributed by atoms with Crippen molar-refractivity contribution < 1.29 is 4.74 Å². The molecule has 0 fully saturated rings. The largest absolute Gasteiger partial charge is 0.497 e. The molecule has 18 heavy (non-hydrogen) atoms. The van der Waals surface area contributed by atoms with E-state index in [0.29, 0.717) is 6.54 Å². The van der Waals surface area contributed by atoms with Crippen LogP contribution in [0.4, 0.5) is 0 Å². The lowest BCUT2D eigenvalue weighted by Crippen LogP contribution is -2.18. The maximum absolute atomic E-state index is 5.14. The van der Waals surface area contributed by atoms with Crippen LogP contribution >= 0.6 is 0 Å². The fraction of sp³-hybridized carbons (Fsp3) is 0.385. The molecular formula is C13H18N4O. The Morgan fingerprint density at radius 3 is 2.61 bits per heavy atom. The van der Waals surface area contributed by atoms with Gasteiger partial charge in [0, 0.05) is 25.8 Å². The fourth-order valence-electron chi connectivity index (χ4n) is 1.74. The van der Waals surface area contributed by atoms with Gasteiger partial charge in [-0.05, 0) is 24.6 Å². The number of rotatable bonds is 5. The number of aryl methyl sites for hydroxylation is 1. The van der Waals surface area contributed by atoms with Crippen LogP contribution in [0.2, 0.25) is 0 Å². The molecule has 5 nitrogen and oxygen atoms in total. The molecule has 0 saturated heterocycles. The van der Waals surface area contributed by atoms with Crippen LogP contribution in [0.5, 0.6) is 5.75 Å². The number of ether oxygens (including phenoxy) is 1. The summed E-state index contributed by atoms with van der Waals surface area (Å²) in [6.45, 7) is 2.83. The van der Waals surface area contributed by atoms with Crippen molar-refractivity contribution in [1.82, 2.24) is 20.3 Å². The minimum absolute atomic E-state index is 0.262. The number of hydrogen-bond donors (Lipinski definition) is 1. The predicted molar refractivity (Wildman–Crippen MR) is 69.3 cm³/mol. The maximum atomic E-state index is 5.14. The van der Waals surface area contributed by atoms with Crippen LogP contribution in [-0.4, -0.2) is 22.1 Å². The Kier molecular flexibility index (Phi) is 3.94. The molecule has 2 aromatic rings. The van der Waals surface area contributed by atoms with Gasteiger partial charge in [-0.2, -0.15) is 0 Å². The van der Waals surface area contributed by atoms with Gasteiger partial charge in [-0.15, -0.1) is 5.10 Å². The summed E-state index contributed by atoms with van der Waals surface area (Å²) in [6, 6.07) is 8.32. The number of benzene rings is 1. The van der Waals surface area contributed by atoms with Crippen LogP contribution in [-0.2, 0) is 13.6 Å². The first kappa shape index (κ1) is 12.6. The minimum Gasteiger partial charge on any atom is -0.497 e. The van der Waals surface area contributed by atoms with E-state index in [1.54, 1.807) is 11.8 Å². The first-order valence-electron chi connectivity index (χ1n) is 5.91. The average Bonchev–Trinajstić information content (AvgIpc) is 2.82.